The third kappa shape index (κ3) is 4.20. The van der Waals surface area contributed by atoms with Crippen molar-refractivity contribution in [1.29, 1.82) is 0 Å². The van der Waals surface area contributed by atoms with Gasteiger partial charge in [0.1, 0.15) is 0 Å². The molecule has 1 aromatic rings. The van der Waals surface area contributed by atoms with E-state index in [4.69, 9.17) is 5.73 Å². The number of nitrogens with zero attached hydrogens (tertiary/aromatic N) is 2. The molecule has 1 aliphatic heterocycles. The number of amides is 1. The number of aryl methyl sites for hydroxylation is 1. The number of anilines is 1. The number of piperidine rings is 1. The average molecular weight is 293 g/mol. The number of nitrogens with one attached hydrogen (secondary N) is 2. The van der Waals surface area contributed by atoms with Gasteiger partial charge in [0.05, 0.1) is 11.4 Å². The standard InChI is InChI=1S/C15H27N5O/c1-3-7-12-13(16)14(19-18-12)15(21)17-11(2)10-20-8-5-4-6-9-20/h11H,3-10,16H2,1-2H3,(H,17,21)(H,18,19). The van der Waals surface area contributed by atoms with Crippen LogP contribution in [0.5, 0.6) is 0 Å². The van der Waals surface area contributed by atoms with Crippen molar-refractivity contribution in [1.82, 2.24) is 20.4 Å². The molecule has 2 heterocycles. The fraction of sp³-hybridized carbons (Fsp3) is 0.733. The van der Waals surface area contributed by atoms with Gasteiger partial charge in [-0.1, -0.05) is 19.8 Å². The molecule has 1 saturated heterocycles. The van der Waals surface area contributed by atoms with Crippen molar-refractivity contribution in [3.8, 4) is 0 Å². The third-order valence-electron chi connectivity index (χ3n) is 3.96. The smallest absolute Gasteiger partial charge is 0.274 e. The van der Waals surface area contributed by atoms with Gasteiger partial charge in [0.15, 0.2) is 5.69 Å². The third-order valence-corrected chi connectivity index (χ3v) is 3.96. The molecule has 6 nitrogen and oxygen atoms in total. The molecule has 1 aromatic heterocycles. The molecular weight excluding hydrogens is 266 g/mol. The molecule has 1 fully saturated rings. The lowest BCUT2D eigenvalue weighted by atomic mass is 10.1. The lowest BCUT2D eigenvalue weighted by Crippen LogP contribution is -2.43. The SMILES string of the molecule is CCCc1[nH]nc(C(=O)NC(C)CN2CCCCC2)c1N. The van der Waals surface area contributed by atoms with Gasteiger partial charge in [0.2, 0.25) is 0 Å². The highest BCUT2D eigenvalue weighted by atomic mass is 16.2. The molecule has 0 saturated carbocycles. The highest BCUT2D eigenvalue weighted by molar-refractivity contribution is 5.97. The van der Waals surface area contributed by atoms with Crippen molar-refractivity contribution in [2.45, 2.75) is 52.0 Å². The fourth-order valence-electron chi connectivity index (χ4n) is 2.87. The number of rotatable bonds is 6. The molecule has 0 spiro atoms. The van der Waals surface area contributed by atoms with Crippen LogP contribution in [0, 0.1) is 0 Å². The summed E-state index contributed by atoms with van der Waals surface area (Å²) in [7, 11) is 0. The van der Waals surface area contributed by atoms with Crippen molar-refractivity contribution in [3.05, 3.63) is 11.4 Å². The van der Waals surface area contributed by atoms with Gasteiger partial charge in [-0.15, -0.1) is 0 Å². The van der Waals surface area contributed by atoms with Gasteiger partial charge >= 0.3 is 0 Å². The van der Waals surface area contributed by atoms with Crippen molar-refractivity contribution in [2.75, 3.05) is 25.4 Å². The maximum atomic E-state index is 12.2. The first-order chi connectivity index (χ1) is 10.1. The molecule has 1 unspecified atom stereocenters. The Morgan fingerprint density at radius 3 is 2.81 bits per heavy atom. The number of hydrogen-bond donors (Lipinski definition) is 3. The van der Waals surface area contributed by atoms with Crippen LogP contribution in [0.4, 0.5) is 5.69 Å². The zero-order chi connectivity index (χ0) is 15.2. The summed E-state index contributed by atoms with van der Waals surface area (Å²) in [6.45, 7) is 7.25. The Morgan fingerprint density at radius 2 is 2.14 bits per heavy atom. The lowest BCUT2D eigenvalue weighted by molar-refractivity contribution is 0.0921. The molecular formula is C15H27N5O. The normalized spacial score (nSPS) is 17.6. The molecule has 1 amide bonds. The minimum Gasteiger partial charge on any atom is -0.395 e. The number of likely N-dealkylation sites (tertiary alicyclic amines) is 1. The molecule has 0 aromatic carbocycles. The van der Waals surface area contributed by atoms with Crippen LogP contribution >= 0.6 is 0 Å². The summed E-state index contributed by atoms with van der Waals surface area (Å²) >= 11 is 0. The first-order valence-electron chi connectivity index (χ1n) is 7.97. The molecule has 21 heavy (non-hydrogen) atoms. The van der Waals surface area contributed by atoms with Gasteiger partial charge in [-0.05, 0) is 39.3 Å². The molecule has 118 valence electrons. The van der Waals surface area contributed by atoms with Crippen LogP contribution in [0.15, 0.2) is 0 Å². The second-order valence-corrected chi connectivity index (χ2v) is 5.95. The van der Waals surface area contributed by atoms with E-state index in [1.54, 1.807) is 0 Å². The molecule has 1 aliphatic rings. The molecule has 0 bridgehead atoms. The maximum Gasteiger partial charge on any atom is 0.274 e. The van der Waals surface area contributed by atoms with E-state index >= 15 is 0 Å². The van der Waals surface area contributed by atoms with Crippen LogP contribution in [0.1, 0.15) is 55.7 Å². The van der Waals surface area contributed by atoms with E-state index in [-0.39, 0.29) is 11.9 Å². The van der Waals surface area contributed by atoms with Crippen molar-refractivity contribution < 1.29 is 4.79 Å². The summed E-state index contributed by atoms with van der Waals surface area (Å²) in [6, 6.07) is 0.0984. The Kier molecular flexibility index (Phi) is 5.61. The van der Waals surface area contributed by atoms with Crippen molar-refractivity contribution >= 4 is 11.6 Å². The Bertz CT molecular complexity index is 465. The number of carbonyl (C=O) groups excluding carboxylic acids is 1. The Hall–Kier alpha value is -1.56. The quantitative estimate of drug-likeness (QED) is 0.742. The van der Waals surface area contributed by atoms with E-state index in [1.165, 1.54) is 19.3 Å². The molecule has 2 rings (SSSR count). The minimum absolute atomic E-state index is 0.0984. The molecule has 0 aliphatic carbocycles. The number of aromatic nitrogens is 2. The predicted octanol–water partition coefficient (Wildman–Crippen LogP) is 1.55. The van der Waals surface area contributed by atoms with Gasteiger partial charge in [0, 0.05) is 12.6 Å². The van der Waals surface area contributed by atoms with E-state index in [9.17, 15) is 4.79 Å². The van der Waals surface area contributed by atoms with Crippen LogP contribution < -0.4 is 11.1 Å². The van der Waals surface area contributed by atoms with E-state index < -0.39 is 0 Å². The Morgan fingerprint density at radius 1 is 1.43 bits per heavy atom. The fourth-order valence-corrected chi connectivity index (χ4v) is 2.87. The molecule has 0 radical (unpaired) electrons. The van der Waals surface area contributed by atoms with E-state index in [0.29, 0.717) is 11.4 Å². The van der Waals surface area contributed by atoms with Gasteiger partial charge in [-0.25, -0.2) is 0 Å². The predicted molar refractivity (Wildman–Crippen MR) is 84.2 cm³/mol. The average Bonchev–Trinajstić information content (AvgIpc) is 2.82. The molecule has 4 N–H and O–H groups in total. The highest BCUT2D eigenvalue weighted by Gasteiger charge is 2.20. The number of hydrogen-bond acceptors (Lipinski definition) is 4. The van der Waals surface area contributed by atoms with Crippen LogP contribution in [-0.2, 0) is 6.42 Å². The van der Waals surface area contributed by atoms with E-state index in [2.05, 4.69) is 27.3 Å². The second kappa shape index (κ2) is 7.45. The summed E-state index contributed by atoms with van der Waals surface area (Å²) in [5, 5.41) is 9.92. The molecule has 6 heteroatoms. The number of nitrogen functional groups attached to an aromatic ring is 1. The Balaban J connectivity index is 1.88. The number of nitrogens with two attached hydrogens (primary N) is 1. The van der Waals surface area contributed by atoms with E-state index in [1.807, 2.05) is 6.92 Å². The zero-order valence-electron chi connectivity index (χ0n) is 13.1. The van der Waals surface area contributed by atoms with Gasteiger partial charge in [-0.3, -0.25) is 9.89 Å². The van der Waals surface area contributed by atoms with Gasteiger partial charge < -0.3 is 16.0 Å². The summed E-state index contributed by atoms with van der Waals surface area (Å²) in [6.07, 6.45) is 5.62. The first-order valence-corrected chi connectivity index (χ1v) is 7.97. The number of aromatic amines is 1. The maximum absolute atomic E-state index is 12.2. The van der Waals surface area contributed by atoms with Crippen LogP contribution in [-0.4, -0.2) is 46.7 Å². The minimum atomic E-state index is -0.185. The lowest BCUT2D eigenvalue weighted by Gasteiger charge is -2.29. The summed E-state index contributed by atoms with van der Waals surface area (Å²) < 4.78 is 0. The topological polar surface area (TPSA) is 87.0 Å². The molecule has 1 atom stereocenters. The second-order valence-electron chi connectivity index (χ2n) is 5.95. The van der Waals surface area contributed by atoms with Gasteiger partial charge in [0.25, 0.3) is 5.91 Å². The van der Waals surface area contributed by atoms with Crippen molar-refractivity contribution in [3.63, 3.8) is 0 Å². The monoisotopic (exact) mass is 293 g/mol. The Labute approximate surface area is 126 Å². The van der Waals surface area contributed by atoms with Crippen LogP contribution in [0.3, 0.4) is 0 Å². The number of H-pyrrole nitrogens is 1. The summed E-state index contributed by atoms with van der Waals surface area (Å²) in [5.74, 6) is -0.185. The van der Waals surface area contributed by atoms with Gasteiger partial charge in [-0.2, -0.15) is 5.10 Å². The summed E-state index contributed by atoms with van der Waals surface area (Å²) in [5.41, 5.74) is 7.65. The van der Waals surface area contributed by atoms with Crippen molar-refractivity contribution in [2.24, 2.45) is 0 Å². The first kappa shape index (κ1) is 15.8. The van der Waals surface area contributed by atoms with Crippen LogP contribution in [0.2, 0.25) is 0 Å². The van der Waals surface area contributed by atoms with Crippen LogP contribution in [0.25, 0.3) is 0 Å². The largest absolute Gasteiger partial charge is 0.395 e. The highest BCUT2D eigenvalue weighted by Crippen LogP contribution is 2.15. The zero-order valence-corrected chi connectivity index (χ0v) is 13.1. The number of carbonyl (C=O) groups is 1. The summed E-state index contributed by atoms with van der Waals surface area (Å²) in [4.78, 5) is 14.7. The van der Waals surface area contributed by atoms with E-state index in [0.717, 1.165) is 38.2 Å².